The second-order valence-corrected chi connectivity index (χ2v) is 9.39. The van der Waals surface area contributed by atoms with E-state index in [0.29, 0.717) is 0 Å². The Hall–Kier alpha value is -1.68. The van der Waals surface area contributed by atoms with E-state index in [1.54, 1.807) is 0 Å². The SMILES string of the molecule is CCC(O)(CC)CCCC(CC)(CC)c1cccc(CCc2ccc(CO)c(CO)c2)c1. The average Bonchev–Trinajstić information content (AvgIpc) is 2.85. The Balaban J connectivity index is 2.12. The summed E-state index contributed by atoms with van der Waals surface area (Å²) in [4.78, 5) is 0. The van der Waals surface area contributed by atoms with Gasteiger partial charge in [-0.05, 0) is 91.0 Å². The third-order valence-corrected chi connectivity index (χ3v) is 7.82. The average molecular weight is 441 g/mol. The molecule has 0 fully saturated rings. The van der Waals surface area contributed by atoms with Crippen molar-refractivity contribution in [3.05, 3.63) is 70.3 Å². The molecule has 178 valence electrons. The van der Waals surface area contributed by atoms with Gasteiger partial charge in [0.05, 0.1) is 18.8 Å². The Kier molecular flexibility index (Phi) is 10.4. The normalized spacial score (nSPS) is 12.3. The second-order valence-electron chi connectivity index (χ2n) is 9.39. The van der Waals surface area contributed by atoms with Crippen LogP contribution in [0, 0.1) is 0 Å². The number of aliphatic hydroxyl groups excluding tert-OH is 2. The van der Waals surface area contributed by atoms with Crippen LogP contribution in [-0.2, 0) is 31.5 Å². The Labute approximate surface area is 195 Å². The minimum atomic E-state index is -0.520. The van der Waals surface area contributed by atoms with E-state index in [2.05, 4.69) is 58.0 Å². The lowest BCUT2D eigenvalue weighted by molar-refractivity contribution is 0.0194. The summed E-state index contributed by atoms with van der Waals surface area (Å²) in [6.45, 7) is 8.67. The first-order chi connectivity index (χ1) is 15.4. The topological polar surface area (TPSA) is 60.7 Å². The molecule has 0 heterocycles. The van der Waals surface area contributed by atoms with E-state index in [4.69, 9.17) is 0 Å². The monoisotopic (exact) mass is 440 g/mol. The van der Waals surface area contributed by atoms with Crippen molar-refractivity contribution in [2.24, 2.45) is 0 Å². The zero-order valence-electron chi connectivity index (χ0n) is 20.7. The molecule has 0 saturated heterocycles. The molecule has 32 heavy (non-hydrogen) atoms. The summed E-state index contributed by atoms with van der Waals surface area (Å²) in [6.07, 6.45) is 8.73. The molecule has 3 heteroatoms. The van der Waals surface area contributed by atoms with Crippen LogP contribution in [-0.4, -0.2) is 20.9 Å². The summed E-state index contributed by atoms with van der Waals surface area (Å²) in [5.41, 5.74) is 5.19. The van der Waals surface area contributed by atoms with Gasteiger partial charge in [-0.2, -0.15) is 0 Å². The molecule has 0 aromatic heterocycles. The van der Waals surface area contributed by atoms with Crippen LogP contribution in [0.2, 0.25) is 0 Å². The maximum atomic E-state index is 10.7. The minimum absolute atomic E-state index is 0.0394. The van der Waals surface area contributed by atoms with Gasteiger partial charge in [-0.3, -0.25) is 0 Å². The standard InChI is InChI=1S/C29H44O3/c1-5-28(6-2,17-10-18-29(32,7-3)8-4)27-12-9-11-23(20-27)13-14-24-15-16-25(21-30)26(19-24)22-31/h9,11-12,15-16,19-20,30-32H,5-8,10,13-14,17-18,21-22H2,1-4H3. The van der Waals surface area contributed by atoms with Crippen molar-refractivity contribution < 1.29 is 15.3 Å². The summed E-state index contributed by atoms with van der Waals surface area (Å²) >= 11 is 0. The summed E-state index contributed by atoms with van der Waals surface area (Å²) in [5.74, 6) is 0. The molecule has 0 spiro atoms. The fourth-order valence-corrected chi connectivity index (χ4v) is 5.00. The molecule has 0 amide bonds. The van der Waals surface area contributed by atoms with Gasteiger partial charge in [0.25, 0.3) is 0 Å². The Morgan fingerprint density at radius 2 is 1.31 bits per heavy atom. The first-order valence-electron chi connectivity index (χ1n) is 12.5. The Morgan fingerprint density at radius 1 is 0.688 bits per heavy atom. The molecule has 2 rings (SSSR count). The van der Waals surface area contributed by atoms with E-state index >= 15 is 0 Å². The summed E-state index contributed by atoms with van der Waals surface area (Å²) in [5, 5.41) is 29.7. The third-order valence-electron chi connectivity index (χ3n) is 7.82. The molecular weight excluding hydrogens is 396 g/mol. The minimum Gasteiger partial charge on any atom is -0.392 e. The number of rotatable bonds is 14. The fourth-order valence-electron chi connectivity index (χ4n) is 5.00. The highest BCUT2D eigenvalue weighted by Crippen LogP contribution is 2.38. The van der Waals surface area contributed by atoms with Crippen LogP contribution >= 0.6 is 0 Å². The van der Waals surface area contributed by atoms with Gasteiger partial charge < -0.3 is 15.3 Å². The molecule has 2 aromatic rings. The highest BCUT2D eigenvalue weighted by molar-refractivity contribution is 5.34. The van der Waals surface area contributed by atoms with Crippen molar-refractivity contribution in [3.8, 4) is 0 Å². The van der Waals surface area contributed by atoms with E-state index in [-0.39, 0.29) is 18.6 Å². The number of aryl methyl sites for hydroxylation is 2. The van der Waals surface area contributed by atoms with Crippen LogP contribution in [0.15, 0.2) is 42.5 Å². The van der Waals surface area contributed by atoms with E-state index in [0.717, 1.165) is 68.9 Å². The van der Waals surface area contributed by atoms with Gasteiger partial charge in [-0.1, -0.05) is 70.2 Å². The zero-order chi connectivity index (χ0) is 23.6. The van der Waals surface area contributed by atoms with Gasteiger partial charge in [-0.15, -0.1) is 0 Å². The van der Waals surface area contributed by atoms with Crippen molar-refractivity contribution in [1.29, 1.82) is 0 Å². The molecule has 0 aliphatic rings. The van der Waals surface area contributed by atoms with Gasteiger partial charge >= 0.3 is 0 Å². The van der Waals surface area contributed by atoms with Crippen molar-refractivity contribution in [3.63, 3.8) is 0 Å². The molecule has 0 aliphatic heterocycles. The molecule has 0 unspecified atom stereocenters. The molecule has 3 N–H and O–H groups in total. The lowest BCUT2D eigenvalue weighted by Gasteiger charge is -2.34. The molecule has 0 saturated carbocycles. The highest BCUT2D eigenvalue weighted by Gasteiger charge is 2.30. The van der Waals surface area contributed by atoms with Crippen LogP contribution in [0.4, 0.5) is 0 Å². The zero-order valence-corrected chi connectivity index (χ0v) is 20.7. The van der Waals surface area contributed by atoms with Crippen molar-refractivity contribution in [1.82, 2.24) is 0 Å². The molecular formula is C29H44O3. The van der Waals surface area contributed by atoms with Crippen molar-refractivity contribution >= 4 is 0 Å². The number of benzene rings is 2. The first-order valence-corrected chi connectivity index (χ1v) is 12.5. The Bertz CT molecular complexity index is 819. The molecule has 2 aromatic carbocycles. The molecule has 3 nitrogen and oxygen atoms in total. The number of hydrogen-bond donors (Lipinski definition) is 3. The van der Waals surface area contributed by atoms with E-state index in [1.807, 2.05) is 12.1 Å². The van der Waals surface area contributed by atoms with Crippen LogP contribution in [0.3, 0.4) is 0 Å². The second kappa shape index (κ2) is 12.5. The lowest BCUT2D eigenvalue weighted by Crippen LogP contribution is -2.29. The van der Waals surface area contributed by atoms with E-state index in [1.165, 1.54) is 16.7 Å². The molecule has 0 atom stereocenters. The summed E-state index contributed by atoms with van der Waals surface area (Å²) in [7, 11) is 0. The van der Waals surface area contributed by atoms with Gasteiger partial charge in [-0.25, -0.2) is 0 Å². The predicted octanol–water partition coefficient (Wildman–Crippen LogP) is 6.24. The van der Waals surface area contributed by atoms with E-state index < -0.39 is 5.60 Å². The smallest absolute Gasteiger partial charge is 0.0685 e. The molecule has 0 aliphatic carbocycles. The van der Waals surface area contributed by atoms with E-state index in [9.17, 15) is 15.3 Å². The van der Waals surface area contributed by atoms with Crippen LogP contribution in [0.5, 0.6) is 0 Å². The quantitative estimate of drug-likeness (QED) is 0.326. The maximum absolute atomic E-state index is 10.7. The molecule has 0 bridgehead atoms. The lowest BCUT2D eigenvalue weighted by atomic mass is 9.71. The van der Waals surface area contributed by atoms with Gasteiger partial charge in [0.1, 0.15) is 0 Å². The third kappa shape index (κ3) is 6.66. The summed E-state index contributed by atoms with van der Waals surface area (Å²) < 4.78 is 0. The fraction of sp³-hybridized carbons (Fsp3) is 0.586. The maximum Gasteiger partial charge on any atom is 0.0685 e. The van der Waals surface area contributed by atoms with Crippen molar-refractivity contribution in [2.75, 3.05) is 0 Å². The molecule has 0 radical (unpaired) electrons. The van der Waals surface area contributed by atoms with Crippen LogP contribution in [0.1, 0.15) is 100 Å². The van der Waals surface area contributed by atoms with Crippen LogP contribution < -0.4 is 0 Å². The van der Waals surface area contributed by atoms with Gasteiger partial charge in [0.15, 0.2) is 0 Å². The van der Waals surface area contributed by atoms with Crippen LogP contribution in [0.25, 0.3) is 0 Å². The van der Waals surface area contributed by atoms with Gasteiger partial charge in [0, 0.05) is 0 Å². The van der Waals surface area contributed by atoms with Crippen molar-refractivity contribution in [2.45, 2.75) is 110 Å². The Morgan fingerprint density at radius 3 is 1.88 bits per heavy atom. The number of hydrogen-bond acceptors (Lipinski definition) is 3. The summed E-state index contributed by atoms with van der Waals surface area (Å²) in [6, 6.07) is 15.1. The number of aliphatic hydroxyl groups is 3. The first kappa shape index (κ1) is 26.6. The largest absolute Gasteiger partial charge is 0.392 e. The van der Waals surface area contributed by atoms with Gasteiger partial charge in [0.2, 0.25) is 0 Å². The predicted molar refractivity (Wildman–Crippen MR) is 134 cm³/mol. The highest BCUT2D eigenvalue weighted by atomic mass is 16.3.